The van der Waals surface area contributed by atoms with Gasteiger partial charge in [-0.25, -0.2) is 0 Å². The van der Waals surface area contributed by atoms with Crippen LogP contribution < -0.4 is 5.73 Å². The van der Waals surface area contributed by atoms with Crippen molar-refractivity contribution in [3.63, 3.8) is 0 Å². The Kier molecular flexibility index (Phi) is 3.46. The molecule has 0 saturated carbocycles. The molecule has 0 spiro atoms. The topological polar surface area (TPSA) is 43.8 Å². The fourth-order valence-electron chi connectivity index (χ4n) is 2.37. The third-order valence-electron chi connectivity index (χ3n) is 3.25. The Labute approximate surface area is 97.4 Å². The van der Waals surface area contributed by atoms with Crippen molar-refractivity contribution in [3.05, 3.63) is 17.0 Å². The molecule has 86 valence electrons. The van der Waals surface area contributed by atoms with Crippen LogP contribution in [0.4, 0.5) is 0 Å². The Morgan fingerprint density at radius 3 is 2.73 bits per heavy atom. The minimum atomic E-state index is 0. The summed E-state index contributed by atoms with van der Waals surface area (Å²) in [6.45, 7) is 5.21. The molecule has 2 rings (SSSR count). The molecule has 1 aliphatic carbocycles. The Morgan fingerprint density at radius 2 is 2.13 bits per heavy atom. The highest BCUT2D eigenvalue weighted by Gasteiger charge is 2.29. The summed E-state index contributed by atoms with van der Waals surface area (Å²) in [7, 11) is 2.02. The first kappa shape index (κ1) is 12.5. The van der Waals surface area contributed by atoms with Crippen LogP contribution in [0, 0.1) is 5.41 Å². The maximum atomic E-state index is 5.70. The van der Waals surface area contributed by atoms with Crippen LogP contribution in [0.15, 0.2) is 0 Å². The number of rotatable bonds is 1. The van der Waals surface area contributed by atoms with Crippen LogP contribution in [-0.4, -0.2) is 9.78 Å². The van der Waals surface area contributed by atoms with Crippen molar-refractivity contribution < 1.29 is 0 Å². The van der Waals surface area contributed by atoms with Gasteiger partial charge in [0.2, 0.25) is 0 Å². The van der Waals surface area contributed by atoms with E-state index in [1.807, 2.05) is 11.7 Å². The van der Waals surface area contributed by atoms with Gasteiger partial charge in [0.25, 0.3) is 0 Å². The fourth-order valence-corrected chi connectivity index (χ4v) is 2.37. The van der Waals surface area contributed by atoms with E-state index in [2.05, 4.69) is 18.9 Å². The molecule has 1 aromatic heterocycles. The highest BCUT2D eigenvalue weighted by molar-refractivity contribution is 5.85. The molecule has 1 aliphatic rings. The van der Waals surface area contributed by atoms with Crippen molar-refractivity contribution in [2.75, 3.05) is 0 Å². The number of nitrogens with zero attached hydrogens (tertiary/aromatic N) is 2. The predicted molar refractivity (Wildman–Crippen MR) is 64.2 cm³/mol. The van der Waals surface area contributed by atoms with Crippen LogP contribution in [-0.2, 0) is 26.4 Å². The van der Waals surface area contributed by atoms with Gasteiger partial charge >= 0.3 is 0 Å². The maximum absolute atomic E-state index is 5.70. The molecule has 1 aromatic rings. The van der Waals surface area contributed by atoms with E-state index in [-0.39, 0.29) is 12.4 Å². The minimum Gasteiger partial charge on any atom is -0.325 e. The Morgan fingerprint density at radius 1 is 1.47 bits per heavy atom. The second kappa shape index (κ2) is 4.14. The lowest BCUT2D eigenvalue weighted by Gasteiger charge is -2.29. The van der Waals surface area contributed by atoms with E-state index in [1.165, 1.54) is 17.7 Å². The zero-order valence-corrected chi connectivity index (χ0v) is 10.5. The molecule has 0 unspecified atom stereocenters. The summed E-state index contributed by atoms with van der Waals surface area (Å²) in [4.78, 5) is 0. The minimum absolute atomic E-state index is 0. The normalized spacial score (nSPS) is 18.1. The van der Waals surface area contributed by atoms with Crippen molar-refractivity contribution in [3.8, 4) is 0 Å². The van der Waals surface area contributed by atoms with Gasteiger partial charge in [-0.15, -0.1) is 12.4 Å². The van der Waals surface area contributed by atoms with E-state index < -0.39 is 0 Å². The molecule has 0 atom stereocenters. The SMILES string of the molecule is Cl.Cn1nc(CN)c2c1CCC(C)(C)C2. The zero-order valence-electron chi connectivity index (χ0n) is 9.71. The third kappa shape index (κ3) is 2.18. The first-order valence-corrected chi connectivity index (χ1v) is 5.27. The number of hydrogen-bond donors (Lipinski definition) is 1. The lowest BCUT2D eigenvalue weighted by molar-refractivity contribution is 0.310. The van der Waals surface area contributed by atoms with E-state index in [0.29, 0.717) is 12.0 Å². The molecule has 0 saturated heterocycles. The van der Waals surface area contributed by atoms with E-state index >= 15 is 0 Å². The second-order valence-corrected chi connectivity index (χ2v) is 5.04. The van der Waals surface area contributed by atoms with Crippen LogP contribution in [0.5, 0.6) is 0 Å². The Balaban J connectivity index is 0.00000112. The van der Waals surface area contributed by atoms with Crippen LogP contribution in [0.2, 0.25) is 0 Å². The summed E-state index contributed by atoms with van der Waals surface area (Å²) in [5.74, 6) is 0. The number of fused-ring (bicyclic) bond motifs is 1. The number of aryl methyl sites for hydroxylation is 1. The summed E-state index contributed by atoms with van der Waals surface area (Å²) >= 11 is 0. The van der Waals surface area contributed by atoms with Gasteiger partial charge in [0.05, 0.1) is 5.69 Å². The van der Waals surface area contributed by atoms with Crippen molar-refractivity contribution in [1.82, 2.24) is 9.78 Å². The lowest BCUT2D eigenvalue weighted by Crippen LogP contribution is -2.23. The first-order chi connectivity index (χ1) is 6.53. The summed E-state index contributed by atoms with van der Waals surface area (Å²) in [6.07, 6.45) is 3.53. The number of halogens is 1. The highest BCUT2D eigenvalue weighted by Crippen LogP contribution is 2.35. The molecule has 0 fully saturated rings. The molecule has 1 heterocycles. The van der Waals surface area contributed by atoms with E-state index in [0.717, 1.165) is 18.5 Å². The second-order valence-electron chi connectivity index (χ2n) is 5.04. The van der Waals surface area contributed by atoms with Gasteiger partial charge in [-0.2, -0.15) is 5.10 Å². The molecular weight excluding hydrogens is 210 g/mol. The summed E-state index contributed by atoms with van der Waals surface area (Å²) < 4.78 is 2.01. The van der Waals surface area contributed by atoms with Crippen molar-refractivity contribution in [1.29, 1.82) is 0 Å². The van der Waals surface area contributed by atoms with Crippen molar-refractivity contribution in [2.24, 2.45) is 18.2 Å². The summed E-state index contributed by atoms with van der Waals surface area (Å²) in [5, 5.41) is 4.47. The van der Waals surface area contributed by atoms with Gasteiger partial charge in [0.15, 0.2) is 0 Å². The lowest BCUT2D eigenvalue weighted by atomic mass is 9.76. The van der Waals surface area contributed by atoms with Gasteiger partial charge in [0.1, 0.15) is 0 Å². The van der Waals surface area contributed by atoms with Gasteiger partial charge in [-0.3, -0.25) is 4.68 Å². The van der Waals surface area contributed by atoms with Gasteiger partial charge in [-0.1, -0.05) is 13.8 Å². The van der Waals surface area contributed by atoms with Crippen LogP contribution >= 0.6 is 12.4 Å². The number of aromatic nitrogens is 2. The van der Waals surface area contributed by atoms with E-state index in [1.54, 1.807) is 0 Å². The molecule has 0 aliphatic heterocycles. The Bertz CT molecular complexity index is 355. The monoisotopic (exact) mass is 229 g/mol. The average molecular weight is 230 g/mol. The number of nitrogens with two attached hydrogens (primary N) is 1. The maximum Gasteiger partial charge on any atom is 0.0795 e. The van der Waals surface area contributed by atoms with Gasteiger partial charge in [-0.05, 0) is 30.2 Å². The molecule has 3 nitrogen and oxygen atoms in total. The molecular formula is C11H20ClN3. The largest absolute Gasteiger partial charge is 0.325 e. The molecule has 0 bridgehead atoms. The predicted octanol–water partition coefficient (Wildman–Crippen LogP) is 1.82. The quantitative estimate of drug-likeness (QED) is 0.799. The van der Waals surface area contributed by atoms with Crippen molar-refractivity contribution in [2.45, 2.75) is 39.7 Å². The van der Waals surface area contributed by atoms with E-state index in [9.17, 15) is 0 Å². The average Bonchev–Trinajstić information content (AvgIpc) is 2.40. The fraction of sp³-hybridized carbons (Fsp3) is 0.727. The van der Waals surface area contributed by atoms with Crippen LogP contribution in [0.25, 0.3) is 0 Å². The molecule has 0 amide bonds. The molecule has 0 aromatic carbocycles. The molecule has 15 heavy (non-hydrogen) atoms. The standard InChI is InChI=1S/C11H19N3.ClH/c1-11(2)5-4-10-8(6-11)9(7-12)13-14(10)3;/h4-7,12H2,1-3H3;1H. The summed E-state index contributed by atoms with van der Waals surface area (Å²) in [6, 6.07) is 0. The van der Waals surface area contributed by atoms with Gasteiger partial charge in [0, 0.05) is 19.3 Å². The number of hydrogen-bond acceptors (Lipinski definition) is 2. The smallest absolute Gasteiger partial charge is 0.0795 e. The van der Waals surface area contributed by atoms with Gasteiger partial charge < -0.3 is 5.73 Å². The van der Waals surface area contributed by atoms with Crippen LogP contribution in [0.3, 0.4) is 0 Å². The van der Waals surface area contributed by atoms with Crippen LogP contribution in [0.1, 0.15) is 37.2 Å². The van der Waals surface area contributed by atoms with E-state index in [4.69, 9.17) is 5.73 Å². The van der Waals surface area contributed by atoms with Crippen molar-refractivity contribution >= 4 is 12.4 Å². The highest BCUT2D eigenvalue weighted by atomic mass is 35.5. The molecule has 2 N–H and O–H groups in total. The zero-order chi connectivity index (χ0) is 10.3. The molecule has 4 heteroatoms. The Hall–Kier alpha value is -0.540. The molecule has 0 radical (unpaired) electrons. The summed E-state index contributed by atoms with van der Waals surface area (Å²) in [5.41, 5.74) is 10.0. The first-order valence-electron chi connectivity index (χ1n) is 5.27. The third-order valence-corrected chi connectivity index (χ3v) is 3.25.